The van der Waals surface area contributed by atoms with Crippen LogP contribution in [0.25, 0.3) is 0 Å². The van der Waals surface area contributed by atoms with Gasteiger partial charge >= 0.3 is 0 Å². The number of nitriles is 1. The molecule has 0 aliphatic heterocycles. The molecule has 0 spiro atoms. The van der Waals surface area contributed by atoms with E-state index in [0.717, 1.165) is 43.5 Å². The summed E-state index contributed by atoms with van der Waals surface area (Å²) in [6.07, 6.45) is 5.33. The van der Waals surface area contributed by atoms with Crippen molar-refractivity contribution in [2.24, 2.45) is 0 Å². The molecule has 1 heterocycles. The topological polar surface area (TPSA) is 48.7 Å². The molecule has 3 rings (SSSR count). The zero-order valence-corrected chi connectivity index (χ0v) is 12.3. The lowest BCUT2D eigenvalue weighted by atomic mass is 10.1. The third-order valence-corrected chi connectivity index (χ3v) is 3.96. The number of anilines is 2. The third-order valence-electron chi connectivity index (χ3n) is 3.96. The zero-order chi connectivity index (χ0) is 14.7. The molecule has 0 fully saturated rings. The van der Waals surface area contributed by atoms with Crippen molar-refractivity contribution in [2.75, 3.05) is 5.32 Å². The Labute approximate surface area is 125 Å². The van der Waals surface area contributed by atoms with Gasteiger partial charge in [-0.1, -0.05) is 31.5 Å². The fourth-order valence-corrected chi connectivity index (χ4v) is 2.91. The first kappa shape index (κ1) is 13.6. The number of para-hydroxylation sites is 1. The predicted octanol–water partition coefficient (Wildman–Crippen LogP) is 4.14. The highest BCUT2D eigenvalue weighted by Crippen LogP contribution is 2.28. The standard InChI is InChI=1S/C18H19N3/c1-2-6-13-7-3-4-9-16(13)20-18-15(12-19)11-14-8-5-10-17(14)21-18/h3-4,7,9,11H,2,5-6,8,10H2,1H3,(H,20,21). The fourth-order valence-electron chi connectivity index (χ4n) is 2.91. The van der Waals surface area contributed by atoms with Crippen LogP contribution in [0.1, 0.15) is 42.1 Å². The van der Waals surface area contributed by atoms with Gasteiger partial charge in [-0.3, -0.25) is 0 Å². The fraction of sp³-hybridized carbons (Fsp3) is 0.333. The zero-order valence-electron chi connectivity index (χ0n) is 12.3. The van der Waals surface area contributed by atoms with Gasteiger partial charge in [-0.25, -0.2) is 4.98 Å². The van der Waals surface area contributed by atoms with E-state index < -0.39 is 0 Å². The molecule has 21 heavy (non-hydrogen) atoms. The van der Waals surface area contributed by atoms with Crippen molar-refractivity contribution >= 4 is 11.5 Å². The second kappa shape index (κ2) is 5.97. The first-order valence-electron chi connectivity index (χ1n) is 7.59. The third kappa shape index (κ3) is 2.75. The number of aromatic nitrogens is 1. The number of benzene rings is 1. The van der Waals surface area contributed by atoms with Crippen LogP contribution in [0.2, 0.25) is 0 Å². The molecule has 1 aliphatic rings. The normalized spacial score (nSPS) is 12.8. The lowest BCUT2D eigenvalue weighted by Crippen LogP contribution is -2.03. The van der Waals surface area contributed by atoms with Crippen LogP contribution in [-0.2, 0) is 19.3 Å². The minimum Gasteiger partial charge on any atom is -0.339 e. The molecular formula is C18H19N3. The first-order chi connectivity index (χ1) is 10.3. The smallest absolute Gasteiger partial charge is 0.148 e. The molecule has 3 heteroatoms. The largest absolute Gasteiger partial charge is 0.339 e. The summed E-state index contributed by atoms with van der Waals surface area (Å²) in [5.41, 5.74) is 5.35. The van der Waals surface area contributed by atoms with Crippen LogP contribution in [0.3, 0.4) is 0 Å². The Kier molecular flexibility index (Phi) is 3.87. The molecular weight excluding hydrogens is 258 g/mol. The molecule has 2 aromatic rings. The van der Waals surface area contributed by atoms with E-state index in [1.165, 1.54) is 11.1 Å². The van der Waals surface area contributed by atoms with Crippen LogP contribution in [0.15, 0.2) is 30.3 Å². The maximum Gasteiger partial charge on any atom is 0.148 e. The van der Waals surface area contributed by atoms with E-state index >= 15 is 0 Å². The molecule has 1 N–H and O–H groups in total. The molecule has 1 aromatic heterocycles. The maximum absolute atomic E-state index is 9.37. The summed E-state index contributed by atoms with van der Waals surface area (Å²) in [7, 11) is 0. The van der Waals surface area contributed by atoms with E-state index in [0.29, 0.717) is 11.4 Å². The van der Waals surface area contributed by atoms with Gasteiger partial charge in [0.25, 0.3) is 0 Å². The summed E-state index contributed by atoms with van der Waals surface area (Å²) >= 11 is 0. The van der Waals surface area contributed by atoms with Crippen LogP contribution < -0.4 is 5.32 Å². The van der Waals surface area contributed by atoms with E-state index in [2.05, 4.69) is 41.5 Å². The van der Waals surface area contributed by atoms with Crippen LogP contribution >= 0.6 is 0 Å². The Bertz CT molecular complexity index is 698. The molecule has 0 saturated heterocycles. The monoisotopic (exact) mass is 277 g/mol. The highest BCUT2D eigenvalue weighted by Gasteiger charge is 2.16. The molecule has 0 unspecified atom stereocenters. The number of hydrogen-bond donors (Lipinski definition) is 1. The van der Waals surface area contributed by atoms with E-state index in [4.69, 9.17) is 0 Å². The molecule has 3 nitrogen and oxygen atoms in total. The number of nitrogens with one attached hydrogen (secondary N) is 1. The van der Waals surface area contributed by atoms with Crippen molar-refractivity contribution in [1.82, 2.24) is 4.98 Å². The molecule has 1 aliphatic carbocycles. The molecule has 0 saturated carbocycles. The Morgan fingerprint density at radius 3 is 2.95 bits per heavy atom. The summed E-state index contributed by atoms with van der Waals surface area (Å²) in [6.45, 7) is 2.17. The van der Waals surface area contributed by atoms with E-state index in [-0.39, 0.29) is 0 Å². The van der Waals surface area contributed by atoms with Gasteiger partial charge in [0, 0.05) is 11.4 Å². The van der Waals surface area contributed by atoms with Crippen molar-refractivity contribution in [3.63, 3.8) is 0 Å². The number of hydrogen-bond acceptors (Lipinski definition) is 3. The number of nitrogens with zero attached hydrogens (tertiary/aromatic N) is 2. The van der Waals surface area contributed by atoms with E-state index in [1.807, 2.05) is 12.1 Å². The first-order valence-corrected chi connectivity index (χ1v) is 7.59. The number of rotatable bonds is 4. The SMILES string of the molecule is CCCc1ccccc1Nc1nc2c(cc1C#N)CCC2. The highest BCUT2D eigenvalue weighted by atomic mass is 15.0. The summed E-state index contributed by atoms with van der Waals surface area (Å²) in [4.78, 5) is 4.69. The second-order valence-electron chi connectivity index (χ2n) is 5.49. The minimum absolute atomic E-state index is 0.641. The number of pyridine rings is 1. The summed E-state index contributed by atoms with van der Waals surface area (Å²) in [5, 5.41) is 12.7. The van der Waals surface area contributed by atoms with Crippen LogP contribution in [0.4, 0.5) is 11.5 Å². The van der Waals surface area contributed by atoms with Gasteiger partial charge < -0.3 is 5.32 Å². The van der Waals surface area contributed by atoms with Gasteiger partial charge in [0.05, 0.1) is 5.56 Å². The molecule has 106 valence electrons. The van der Waals surface area contributed by atoms with E-state index in [9.17, 15) is 5.26 Å². The average Bonchev–Trinajstić information content (AvgIpc) is 2.96. The van der Waals surface area contributed by atoms with Gasteiger partial charge in [0.2, 0.25) is 0 Å². The maximum atomic E-state index is 9.37. The average molecular weight is 277 g/mol. The molecule has 1 aromatic carbocycles. The minimum atomic E-state index is 0.641. The Balaban J connectivity index is 1.97. The second-order valence-corrected chi connectivity index (χ2v) is 5.49. The highest BCUT2D eigenvalue weighted by molar-refractivity contribution is 5.66. The Hall–Kier alpha value is -2.34. The van der Waals surface area contributed by atoms with Gasteiger partial charge in [-0.15, -0.1) is 0 Å². The Morgan fingerprint density at radius 1 is 1.29 bits per heavy atom. The summed E-state index contributed by atoms with van der Waals surface area (Å²) in [6, 6.07) is 12.5. The van der Waals surface area contributed by atoms with Crippen LogP contribution in [0.5, 0.6) is 0 Å². The molecule has 0 amide bonds. The van der Waals surface area contributed by atoms with Crippen molar-refractivity contribution in [2.45, 2.75) is 39.0 Å². The summed E-state index contributed by atoms with van der Waals surface area (Å²) in [5.74, 6) is 0.696. The predicted molar refractivity (Wildman–Crippen MR) is 84.7 cm³/mol. The summed E-state index contributed by atoms with van der Waals surface area (Å²) < 4.78 is 0. The van der Waals surface area contributed by atoms with Crippen molar-refractivity contribution < 1.29 is 0 Å². The van der Waals surface area contributed by atoms with Crippen LogP contribution in [-0.4, -0.2) is 4.98 Å². The van der Waals surface area contributed by atoms with Crippen molar-refractivity contribution in [3.8, 4) is 6.07 Å². The van der Waals surface area contributed by atoms with Gasteiger partial charge in [0.15, 0.2) is 0 Å². The van der Waals surface area contributed by atoms with Gasteiger partial charge in [-0.05, 0) is 48.9 Å². The number of fused-ring (bicyclic) bond motifs is 1. The van der Waals surface area contributed by atoms with Crippen LogP contribution in [0, 0.1) is 11.3 Å². The lowest BCUT2D eigenvalue weighted by Gasteiger charge is -2.13. The van der Waals surface area contributed by atoms with Crippen molar-refractivity contribution in [1.29, 1.82) is 5.26 Å². The van der Waals surface area contributed by atoms with Gasteiger partial charge in [0.1, 0.15) is 11.9 Å². The Morgan fingerprint density at radius 2 is 2.14 bits per heavy atom. The lowest BCUT2D eigenvalue weighted by molar-refractivity contribution is 0.899. The number of aryl methyl sites for hydroxylation is 3. The van der Waals surface area contributed by atoms with Crippen molar-refractivity contribution in [3.05, 3.63) is 52.7 Å². The quantitative estimate of drug-likeness (QED) is 0.913. The van der Waals surface area contributed by atoms with Gasteiger partial charge in [-0.2, -0.15) is 5.26 Å². The molecule has 0 radical (unpaired) electrons. The van der Waals surface area contributed by atoms with E-state index in [1.54, 1.807) is 0 Å². The molecule has 0 atom stereocenters. The molecule has 0 bridgehead atoms.